The van der Waals surface area contributed by atoms with Crippen LogP contribution in [0.3, 0.4) is 0 Å². The molecule has 0 amide bonds. The van der Waals surface area contributed by atoms with Crippen LogP contribution in [0.15, 0.2) is 24.3 Å². The van der Waals surface area contributed by atoms with Crippen LogP contribution in [0.25, 0.3) is 0 Å². The van der Waals surface area contributed by atoms with E-state index in [0.717, 1.165) is 25.3 Å². The summed E-state index contributed by atoms with van der Waals surface area (Å²) >= 11 is 0. The Labute approximate surface area is 115 Å². The minimum atomic E-state index is -0.178. The fraction of sp³-hybridized carbons (Fsp3) is 0.600. The van der Waals surface area contributed by atoms with Gasteiger partial charge in [-0.05, 0) is 52.2 Å². The van der Waals surface area contributed by atoms with Gasteiger partial charge in [-0.3, -0.25) is 0 Å². The SMILES string of the molecule is CN(C)CC1CNC(C)(C)CN1c1ccc(F)cc1. The minimum Gasteiger partial charge on any atom is -0.364 e. The number of hydrogen-bond acceptors (Lipinski definition) is 3. The highest BCUT2D eigenvalue weighted by atomic mass is 19.1. The number of benzene rings is 1. The van der Waals surface area contributed by atoms with E-state index in [2.05, 4.69) is 43.1 Å². The molecule has 1 aromatic rings. The van der Waals surface area contributed by atoms with Crippen molar-refractivity contribution in [2.24, 2.45) is 0 Å². The molecule has 0 saturated carbocycles. The predicted octanol–water partition coefficient (Wildman–Crippen LogP) is 1.94. The van der Waals surface area contributed by atoms with Crippen LogP contribution in [-0.4, -0.2) is 50.2 Å². The monoisotopic (exact) mass is 265 g/mol. The molecular formula is C15H24FN3. The molecule has 1 heterocycles. The maximum Gasteiger partial charge on any atom is 0.123 e. The van der Waals surface area contributed by atoms with Crippen LogP contribution in [0.5, 0.6) is 0 Å². The maximum atomic E-state index is 13.1. The molecule has 1 unspecified atom stereocenters. The van der Waals surface area contributed by atoms with Crippen LogP contribution in [-0.2, 0) is 0 Å². The standard InChI is InChI=1S/C15H24FN3/c1-15(2)11-19(13-7-5-12(16)6-8-13)14(9-17-15)10-18(3)4/h5-8,14,17H,9-11H2,1-4H3. The number of hydrogen-bond donors (Lipinski definition) is 1. The predicted molar refractivity (Wildman–Crippen MR) is 78.2 cm³/mol. The van der Waals surface area contributed by atoms with E-state index in [1.54, 1.807) is 0 Å². The molecule has 0 aromatic heterocycles. The molecule has 0 aliphatic carbocycles. The van der Waals surface area contributed by atoms with Crippen molar-refractivity contribution < 1.29 is 4.39 Å². The number of likely N-dealkylation sites (N-methyl/N-ethyl adjacent to an activating group) is 1. The van der Waals surface area contributed by atoms with Crippen LogP contribution in [0, 0.1) is 5.82 Å². The fourth-order valence-corrected chi connectivity index (χ4v) is 2.63. The number of rotatable bonds is 3. The third-order valence-corrected chi connectivity index (χ3v) is 3.56. The largest absolute Gasteiger partial charge is 0.364 e. The first-order valence-corrected chi connectivity index (χ1v) is 6.79. The van der Waals surface area contributed by atoms with Gasteiger partial charge < -0.3 is 15.1 Å². The number of piperazine rings is 1. The summed E-state index contributed by atoms with van der Waals surface area (Å²) in [4.78, 5) is 4.58. The van der Waals surface area contributed by atoms with Crippen LogP contribution < -0.4 is 10.2 Å². The number of nitrogens with one attached hydrogen (secondary N) is 1. The molecule has 1 aliphatic rings. The van der Waals surface area contributed by atoms with Crippen molar-refractivity contribution in [1.29, 1.82) is 0 Å². The van der Waals surface area contributed by atoms with E-state index >= 15 is 0 Å². The second-order valence-corrected chi connectivity index (χ2v) is 6.29. The molecule has 19 heavy (non-hydrogen) atoms. The van der Waals surface area contributed by atoms with Crippen LogP contribution in [0.2, 0.25) is 0 Å². The van der Waals surface area contributed by atoms with Crippen molar-refractivity contribution >= 4 is 5.69 Å². The lowest BCUT2D eigenvalue weighted by Gasteiger charge is -2.46. The summed E-state index contributed by atoms with van der Waals surface area (Å²) in [5.74, 6) is -0.178. The Morgan fingerprint density at radius 3 is 2.53 bits per heavy atom. The molecule has 1 N–H and O–H groups in total. The van der Waals surface area contributed by atoms with Gasteiger partial charge in [-0.1, -0.05) is 0 Å². The van der Waals surface area contributed by atoms with Gasteiger partial charge >= 0.3 is 0 Å². The molecular weight excluding hydrogens is 241 g/mol. The van der Waals surface area contributed by atoms with Crippen molar-refractivity contribution in [3.05, 3.63) is 30.1 Å². The molecule has 1 saturated heterocycles. The summed E-state index contributed by atoms with van der Waals surface area (Å²) in [7, 11) is 4.17. The van der Waals surface area contributed by atoms with Crippen molar-refractivity contribution in [3.8, 4) is 0 Å². The average molecular weight is 265 g/mol. The molecule has 106 valence electrons. The van der Waals surface area contributed by atoms with Crippen LogP contribution >= 0.6 is 0 Å². The summed E-state index contributed by atoms with van der Waals surface area (Å²) in [6.45, 7) is 7.27. The second kappa shape index (κ2) is 5.47. The minimum absolute atomic E-state index is 0.0806. The highest BCUT2D eigenvalue weighted by molar-refractivity contribution is 5.48. The van der Waals surface area contributed by atoms with Crippen LogP contribution in [0.4, 0.5) is 10.1 Å². The Kier molecular flexibility index (Phi) is 4.11. The van der Waals surface area contributed by atoms with E-state index in [4.69, 9.17) is 0 Å². The number of anilines is 1. The van der Waals surface area contributed by atoms with E-state index < -0.39 is 0 Å². The maximum absolute atomic E-state index is 13.1. The van der Waals surface area contributed by atoms with E-state index in [-0.39, 0.29) is 11.4 Å². The van der Waals surface area contributed by atoms with Crippen LogP contribution in [0.1, 0.15) is 13.8 Å². The van der Waals surface area contributed by atoms with Crippen molar-refractivity contribution in [2.75, 3.05) is 38.6 Å². The molecule has 0 radical (unpaired) electrons. The lowest BCUT2D eigenvalue weighted by molar-refractivity contribution is 0.268. The fourth-order valence-electron chi connectivity index (χ4n) is 2.63. The molecule has 0 spiro atoms. The summed E-state index contributed by atoms with van der Waals surface area (Å²) < 4.78 is 13.1. The Bertz CT molecular complexity index is 414. The van der Waals surface area contributed by atoms with E-state index in [1.165, 1.54) is 12.1 Å². The second-order valence-electron chi connectivity index (χ2n) is 6.29. The molecule has 2 rings (SSSR count). The van der Waals surface area contributed by atoms with Gasteiger partial charge in [0.25, 0.3) is 0 Å². The van der Waals surface area contributed by atoms with Gasteiger partial charge in [0.05, 0.1) is 6.04 Å². The highest BCUT2D eigenvalue weighted by Crippen LogP contribution is 2.24. The Morgan fingerprint density at radius 2 is 1.95 bits per heavy atom. The molecule has 1 aromatic carbocycles. The van der Waals surface area contributed by atoms with Crippen molar-refractivity contribution in [3.63, 3.8) is 0 Å². The van der Waals surface area contributed by atoms with E-state index in [1.807, 2.05) is 12.1 Å². The molecule has 1 atom stereocenters. The zero-order valence-electron chi connectivity index (χ0n) is 12.3. The molecule has 0 bridgehead atoms. The van der Waals surface area contributed by atoms with Gasteiger partial charge in [0, 0.05) is 30.9 Å². The lowest BCUT2D eigenvalue weighted by atomic mass is 9.97. The highest BCUT2D eigenvalue weighted by Gasteiger charge is 2.32. The zero-order valence-corrected chi connectivity index (χ0v) is 12.3. The Hall–Kier alpha value is -1.13. The molecule has 3 nitrogen and oxygen atoms in total. The summed E-state index contributed by atoms with van der Waals surface area (Å²) in [5, 5.41) is 3.58. The number of halogens is 1. The van der Waals surface area contributed by atoms with Gasteiger partial charge in [-0.15, -0.1) is 0 Å². The summed E-state index contributed by atoms with van der Waals surface area (Å²) in [6, 6.07) is 7.24. The topological polar surface area (TPSA) is 18.5 Å². The first kappa shape index (κ1) is 14.3. The smallest absolute Gasteiger partial charge is 0.123 e. The zero-order chi connectivity index (χ0) is 14.0. The quantitative estimate of drug-likeness (QED) is 0.901. The average Bonchev–Trinajstić information content (AvgIpc) is 2.32. The van der Waals surface area contributed by atoms with Gasteiger partial charge in [-0.25, -0.2) is 4.39 Å². The van der Waals surface area contributed by atoms with Crippen molar-refractivity contribution in [2.45, 2.75) is 25.4 Å². The third kappa shape index (κ3) is 3.67. The first-order chi connectivity index (χ1) is 8.87. The normalized spacial score (nSPS) is 22.8. The van der Waals surface area contributed by atoms with Gasteiger partial charge in [0.15, 0.2) is 0 Å². The third-order valence-electron chi connectivity index (χ3n) is 3.56. The summed E-state index contributed by atoms with van der Waals surface area (Å²) in [5.41, 5.74) is 1.18. The first-order valence-electron chi connectivity index (χ1n) is 6.79. The van der Waals surface area contributed by atoms with E-state index in [9.17, 15) is 4.39 Å². The molecule has 1 fully saturated rings. The summed E-state index contributed by atoms with van der Waals surface area (Å²) in [6.07, 6.45) is 0. The van der Waals surface area contributed by atoms with Crippen molar-refractivity contribution in [1.82, 2.24) is 10.2 Å². The molecule has 4 heteroatoms. The van der Waals surface area contributed by atoms with Gasteiger partial charge in [0.2, 0.25) is 0 Å². The lowest BCUT2D eigenvalue weighted by Crippen LogP contribution is -2.63. The van der Waals surface area contributed by atoms with Gasteiger partial charge in [0.1, 0.15) is 5.82 Å². The van der Waals surface area contributed by atoms with Gasteiger partial charge in [-0.2, -0.15) is 0 Å². The number of nitrogens with zero attached hydrogens (tertiary/aromatic N) is 2. The Balaban J connectivity index is 2.21. The Morgan fingerprint density at radius 1 is 1.32 bits per heavy atom. The molecule has 1 aliphatic heterocycles. The van der Waals surface area contributed by atoms with E-state index in [0.29, 0.717) is 6.04 Å².